The molecule has 1 aromatic carbocycles. The van der Waals surface area contributed by atoms with Crippen LogP contribution in [0.1, 0.15) is 20.8 Å². The first-order chi connectivity index (χ1) is 13.9. The summed E-state index contributed by atoms with van der Waals surface area (Å²) in [5, 5.41) is 0. The Morgan fingerprint density at radius 1 is 1.03 bits per heavy atom. The van der Waals surface area contributed by atoms with Gasteiger partial charge in [0.15, 0.2) is 0 Å². The van der Waals surface area contributed by atoms with Crippen molar-refractivity contribution in [3.8, 4) is 12.3 Å². The van der Waals surface area contributed by atoms with E-state index < -0.39 is 10.0 Å². The van der Waals surface area contributed by atoms with E-state index in [1.54, 1.807) is 9.80 Å². The van der Waals surface area contributed by atoms with E-state index in [9.17, 15) is 18.0 Å². The SMILES string of the molecule is C#CCNS(=O)(=O)c1ccc(C(=O)N2CCN(C(=O)c3cnccn3)CC2)cc1. The molecule has 2 aromatic rings. The third-order valence-corrected chi connectivity index (χ3v) is 5.83. The molecule has 29 heavy (non-hydrogen) atoms. The second-order valence-electron chi connectivity index (χ2n) is 6.23. The summed E-state index contributed by atoms with van der Waals surface area (Å²) >= 11 is 0. The molecule has 1 aliphatic heterocycles. The van der Waals surface area contributed by atoms with Gasteiger partial charge in [-0.3, -0.25) is 14.6 Å². The first-order valence-corrected chi connectivity index (χ1v) is 10.3. The van der Waals surface area contributed by atoms with Gasteiger partial charge in [0.1, 0.15) is 5.69 Å². The molecule has 150 valence electrons. The molecule has 0 unspecified atom stereocenters. The zero-order valence-electron chi connectivity index (χ0n) is 15.5. The summed E-state index contributed by atoms with van der Waals surface area (Å²) in [7, 11) is -3.71. The van der Waals surface area contributed by atoms with Crippen LogP contribution in [0.3, 0.4) is 0 Å². The Morgan fingerprint density at radius 3 is 2.21 bits per heavy atom. The number of aromatic nitrogens is 2. The molecule has 1 saturated heterocycles. The van der Waals surface area contributed by atoms with E-state index in [0.717, 1.165) is 0 Å². The summed E-state index contributed by atoms with van der Waals surface area (Å²) in [5.74, 6) is 1.75. The third kappa shape index (κ3) is 4.77. The zero-order chi connectivity index (χ0) is 20.9. The summed E-state index contributed by atoms with van der Waals surface area (Å²) in [6, 6.07) is 5.65. The van der Waals surface area contributed by atoms with E-state index in [1.807, 2.05) is 0 Å². The average molecular weight is 413 g/mol. The fourth-order valence-electron chi connectivity index (χ4n) is 2.86. The molecule has 1 aliphatic rings. The van der Waals surface area contributed by atoms with Gasteiger partial charge < -0.3 is 9.80 Å². The molecule has 9 nitrogen and oxygen atoms in total. The summed E-state index contributed by atoms with van der Waals surface area (Å²) in [4.78, 5) is 36.3. The largest absolute Gasteiger partial charge is 0.335 e. The smallest absolute Gasteiger partial charge is 0.274 e. The highest BCUT2D eigenvalue weighted by Gasteiger charge is 2.26. The average Bonchev–Trinajstić information content (AvgIpc) is 2.77. The third-order valence-electron chi connectivity index (χ3n) is 4.41. The standard InChI is InChI=1S/C19H19N5O4S/c1-2-7-22-29(27,28)16-5-3-15(4-6-16)18(25)23-10-12-24(13-11-23)19(26)17-14-20-8-9-21-17/h1,3-6,8-9,14,22H,7,10-13H2. The normalized spacial score (nSPS) is 14.3. The number of carbonyl (C=O) groups is 2. The van der Waals surface area contributed by atoms with Crippen molar-refractivity contribution in [2.24, 2.45) is 0 Å². The van der Waals surface area contributed by atoms with Crippen molar-refractivity contribution in [2.75, 3.05) is 32.7 Å². The van der Waals surface area contributed by atoms with Gasteiger partial charge in [0.2, 0.25) is 10.0 Å². The highest BCUT2D eigenvalue weighted by Crippen LogP contribution is 2.14. The molecule has 2 heterocycles. The Labute approximate surface area is 168 Å². The number of terminal acetylenes is 1. The van der Waals surface area contributed by atoms with E-state index in [-0.39, 0.29) is 28.9 Å². The monoisotopic (exact) mass is 413 g/mol. The molecule has 1 fully saturated rings. The van der Waals surface area contributed by atoms with Crippen molar-refractivity contribution in [3.63, 3.8) is 0 Å². The number of benzene rings is 1. The highest BCUT2D eigenvalue weighted by atomic mass is 32.2. The van der Waals surface area contributed by atoms with Crippen molar-refractivity contribution >= 4 is 21.8 Å². The molecule has 10 heteroatoms. The van der Waals surface area contributed by atoms with E-state index in [2.05, 4.69) is 20.6 Å². The molecule has 0 spiro atoms. The van der Waals surface area contributed by atoms with E-state index in [4.69, 9.17) is 6.42 Å². The molecule has 1 aromatic heterocycles. The Bertz CT molecular complexity index is 1020. The zero-order valence-corrected chi connectivity index (χ0v) is 16.3. The summed E-state index contributed by atoms with van der Waals surface area (Å²) in [5.41, 5.74) is 0.636. The minimum Gasteiger partial charge on any atom is -0.335 e. The number of carbonyl (C=O) groups excluding carboxylic acids is 2. The van der Waals surface area contributed by atoms with Crippen LogP contribution in [0.5, 0.6) is 0 Å². The van der Waals surface area contributed by atoms with Crippen molar-refractivity contribution < 1.29 is 18.0 Å². The van der Waals surface area contributed by atoms with Crippen molar-refractivity contribution in [2.45, 2.75) is 4.90 Å². The van der Waals surface area contributed by atoms with Crippen LogP contribution in [0, 0.1) is 12.3 Å². The van der Waals surface area contributed by atoms with Gasteiger partial charge in [-0.2, -0.15) is 4.72 Å². The van der Waals surface area contributed by atoms with Crippen LogP contribution in [0.2, 0.25) is 0 Å². The Morgan fingerprint density at radius 2 is 1.66 bits per heavy atom. The Kier molecular flexibility index (Phi) is 6.21. The maximum Gasteiger partial charge on any atom is 0.274 e. The molecule has 0 radical (unpaired) electrons. The van der Waals surface area contributed by atoms with Crippen molar-refractivity contribution in [1.82, 2.24) is 24.5 Å². The fraction of sp³-hybridized carbons (Fsp3) is 0.263. The molecular weight excluding hydrogens is 394 g/mol. The molecule has 2 amide bonds. The predicted octanol–water partition coefficient (Wildman–Crippen LogP) is -0.0137. The fourth-order valence-corrected chi connectivity index (χ4v) is 3.80. The number of amides is 2. The molecule has 3 rings (SSSR count). The molecule has 0 aliphatic carbocycles. The Hall–Kier alpha value is -3.29. The second kappa shape index (κ2) is 8.81. The van der Waals surface area contributed by atoms with Crippen LogP contribution in [0.15, 0.2) is 47.8 Å². The van der Waals surface area contributed by atoms with Crippen LogP contribution < -0.4 is 4.72 Å². The van der Waals surface area contributed by atoms with Gasteiger partial charge in [-0.25, -0.2) is 13.4 Å². The van der Waals surface area contributed by atoms with E-state index in [1.165, 1.54) is 42.9 Å². The van der Waals surface area contributed by atoms with Gasteiger partial charge in [-0.1, -0.05) is 5.92 Å². The van der Waals surface area contributed by atoms with Crippen LogP contribution in [0.25, 0.3) is 0 Å². The van der Waals surface area contributed by atoms with Crippen LogP contribution in [0.4, 0.5) is 0 Å². The number of hydrogen-bond acceptors (Lipinski definition) is 6. The van der Waals surface area contributed by atoms with Crippen LogP contribution >= 0.6 is 0 Å². The van der Waals surface area contributed by atoms with Crippen LogP contribution in [-0.4, -0.2) is 72.7 Å². The lowest BCUT2D eigenvalue weighted by Crippen LogP contribution is -2.50. The van der Waals surface area contributed by atoms with E-state index >= 15 is 0 Å². The van der Waals surface area contributed by atoms with Gasteiger partial charge in [-0.15, -0.1) is 6.42 Å². The lowest BCUT2D eigenvalue weighted by Gasteiger charge is -2.34. The maximum atomic E-state index is 12.7. The quantitative estimate of drug-likeness (QED) is 0.690. The lowest BCUT2D eigenvalue weighted by atomic mass is 10.2. The maximum absolute atomic E-state index is 12.7. The predicted molar refractivity (Wildman–Crippen MR) is 104 cm³/mol. The number of nitrogens with zero attached hydrogens (tertiary/aromatic N) is 4. The van der Waals surface area contributed by atoms with Gasteiger partial charge in [0, 0.05) is 44.1 Å². The first-order valence-electron chi connectivity index (χ1n) is 8.80. The minimum atomic E-state index is -3.71. The van der Waals surface area contributed by atoms with Crippen LogP contribution in [-0.2, 0) is 10.0 Å². The number of rotatable bonds is 5. The van der Waals surface area contributed by atoms with Gasteiger partial charge >= 0.3 is 0 Å². The lowest BCUT2D eigenvalue weighted by molar-refractivity contribution is 0.0532. The number of sulfonamides is 1. The number of hydrogen-bond donors (Lipinski definition) is 1. The molecular formula is C19H19N5O4S. The van der Waals surface area contributed by atoms with Crippen molar-refractivity contribution in [1.29, 1.82) is 0 Å². The molecule has 0 saturated carbocycles. The van der Waals surface area contributed by atoms with E-state index in [0.29, 0.717) is 31.7 Å². The Balaban J connectivity index is 1.61. The minimum absolute atomic E-state index is 0.0312. The first kappa shape index (κ1) is 20.4. The second-order valence-corrected chi connectivity index (χ2v) is 8.00. The van der Waals surface area contributed by atoms with Gasteiger partial charge in [-0.05, 0) is 24.3 Å². The van der Waals surface area contributed by atoms with Crippen molar-refractivity contribution in [3.05, 3.63) is 54.1 Å². The number of nitrogens with one attached hydrogen (secondary N) is 1. The highest BCUT2D eigenvalue weighted by molar-refractivity contribution is 7.89. The summed E-state index contributed by atoms with van der Waals surface area (Å²) in [6.45, 7) is 1.39. The molecule has 1 N–H and O–H groups in total. The summed E-state index contributed by atoms with van der Waals surface area (Å²) in [6.07, 6.45) is 9.43. The summed E-state index contributed by atoms with van der Waals surface area (Å²) < 4.78 is 26.3. The van der Waals surface area contributed by atoms with Gasteiger partial charge in [0.05, 0.1) is 17.6 Å². The topological polar surface area (TPSA) is 113 Å². The number of piperazine rings is 1. The van der Waals surface area contributed by atoms with Gasteiger partial charge in [0.25, 0.3) is 11.8 Å². The molecule has 0 bridgehead atoms. The molecule has 0 atom stereocenters.